The van der Waals surface area contributed by atoms with E-state index in [1.54, 1.807) is 0 Å². The number of hydrogen-bond acceptors (Lipinski definition) is 3. The highest BCUT2D eigenvalue weighted by Crippen LogP contribution is 2.41. The summed E-state index contributed by atoms with van der Waals surface area (Å²) >= 11 is 0. The van der Waals surface area contributed by atoms with Crippen LogP contribution in [0.25, 0.3) is 0 Å². The third kappa shape index (κ3) is 3.67. The van der Waals surface area contributed by atoms with Crippen LogP contribution in [0.3, 0.4) is 0 Å². The van der Waals surface area contributed by atoms with E-state index in [2.05, 4.69) is 42.5 Å². The molecule has 2 rings (SSSR count). The average Bonchev–Trinajstić information content (AvgIpc) is 2.74. The van der Waals surface area contributed by atoms with Gasteiger partial charge in [0.25, 0.3) is 0 Å². The zero-order valence-electron chi connectivity index (χ0n) is 14.2. The molecule has 1 aliphatic carbocycles. The molecule has 1 N–H and O–H groups in total. The van der Waals surface area contributed by atoms with Crippen molar-refractivity contribution in [3.63, 3.8) is 0 Å². The summed E-state index contributed by atoms with van der Waals surface area (Å²) in [5.74, 6) is 0. The van der Waals surface area contributed by atoms with Crippen LogP contribution in [-0.2, 0) is 7.05 Å². The Balaban J connectivity index is 2.34. The number of nitrogens with zero attached hydrogens (tertiary/aromatic N) is 3. The molecule has 21 heavy (non-hydrogen) atoms. The molecule has 0 radical (unpaired) electrons. The Morgan fingerprint density at radius 1 is 1.29 bits per heavy atom. The number of likely N-dealkylation sites (N-methyl/N-ethyl adjacent to an activating group) is 1. The number of nitrogens with one attached hydrogen (secondary N) is 1. The molecule has 0 bridgehead atoms. The van der Waals surface area contributed by atoms with Gasteiger partial charge in [0.2, 0.25) is 0 Å². The Hall–Kier alpha value is -0.870. The average molecular weight is 292 g/mol. The predicted molar refractivity (Wildman–Crippen MR) is 88.4 cm³/mol. The van der Waals surface area contributed by atoms with Gasteiger partial charge in [0.05, 0.1) is 12.2 Å². The number of aryl methyl sites for hydroxylation is 1. The fraction of sp³-hybridized carbons (Fsp3) is 0.824. The first-order valence-electron chi connectivity index (χ1n) is 8.49. The molecule has 1 saturated carbocycles. The molecule has 0 spiro atoms. The van der Waals surface area contributed by atoms with Gasteiger partial charge >= 0.3 is 0 Å². The summed E-state index contributed by atoms with van der Waals surface area (Å²) in [4.78, 5) is 2.47. The van der Waals surface area contributed by atoms with E-state index in [9.17, 15) is 0 Å². The lowest BCUT2D eigenvalue weighted by atomic mass is 9.78. The van der Waals surface area contributed by atoms with Crippen molar-refractivity contribution in [1.29, 1.82) is 0 Å². The molecule has 4 heteroatoms. The molecular weight excluding hydrogens is 260 g/mol. The second-order valence-electron chi connectivity index (χ2n) is 6.75. The highest BCUT2D eigenvalue weighted by atomic mass is 15.3. The van der Waals surface area contributed by atoms with Crippen LogP contribution >= 0.6 is 0 Å². The lowest BCUT2D eigenvalue weighted by Crippen LogP contribution is -2.53. The summed E-state index contributed by atoms with van der Waals surface area (Å²) in [5, 5.41) is 8.24. The van der Waals surface area contributed by atoms with Gasteiger partial charge in [0.15, 0.2) is 0 Å². The molecule has 1 atom stereocenters. The third-order valence-electron chi connectivity index (χ3n) is 5.05. The molecule has 0 aliphatic heterocycles. The molecule has 4 nitrogen and oxygen atoms in total. The molecule has 1 unspecified atom stereocenters. The normalized spacial score (nSPS) is 20.4. The standard InChI is InChI=1S/C17H32N4/c1-5-12-18-16(15-13-19-21(4)14-15)17(20(2)3)10-8-6-7-9-11-17/h13-14,16,18H,5-12H2,1-4H3. The van der Waals surface area contributed by atoms with Crippen LogP contribution in [0.15, 0.2) is 12.4 Å². The molecule has 0 saturated heterocycles. The highest BCUT2D eigenvalue weighted by Gasteiger charge is 2.41. The number of aromatic nitrogens is 2. The minimum Gasteiger partial charge on any atom is -0.308 e. The Morgan fingerprint density at radius 3 is 2.43 bits per heavy atom. The summed E-state index contributed by atoms with van der Waals surface area (Å²) in [7, 11) is 6.51. The fourth-order valence-electron chi connectivity index (χ4n) is 3.83. The summed E-state index contributed by atoms with van der Waals surface area (Å²) in [6.07, 6.45) is 13.4. The topological polar surface area (TPSA) is 33.1 Å². The van der Waals surface area contributed by atoms with E-state index in [0.29, 0.717) is 6.04 Å². The van der Waals surface area contributed by atoms with Crippen LogP contribution in [0.1, 0.15) is 63.5 Å². The monoisotopic (exact) mass is 292 g/mol. The van der Waals surface area contributed by atoms with E-state index in [4.69, 9.17) is 0 Å². The zero-order chi connectivity index (χ0) is 15.3. The molecule has 1 aliphatic rings. The molecular formula is C17H32N4. The van der Waals surface area contributed by atoms with E-state index >= 15 is 0 Å². The van der Waals surface area contributed by atoms with Crippen LogP contribution in [0.5, 0.6) is 0 Å². The van der Waals surface area contributed by atoms with Crippen molar-refractivity contribution in [1.82, 2.24) is 20.0 Å². The van der Waals surface area contributed by atoms with Gasteiger partial charge in [0, 0.05) is 24.3 Å². The van der Waals surface area contributed by atoms with Gasteiger partial charge in [-0.3, -0.25) is 4.68 Å². The van der Waals surface area contributed by atoms with Crippen molar-refractivity contribution in [2.75, 3.05) is 20.6 Å². The molecule has 1 aromatic heterocycles. The summed E-state index contributed by atoms with van der Waals surface area (Å²) in [6.45, 7) is 3.30. The first-order valence-corrected chi connectivity index (χ1v) is 8.49. The second kappa shape index (κ2) is 7.41. The van der Waals surface area contributed by atoms with Crippen molar-refractivity contribution in [3.05, 3.63) is 18.0 Å². The van der Waals surface area contributed by atoms with Crippen LogP contribution in [-0.4, -0.2) is 40.9 Å². The van der Waals surface area contributed by atoms with Crippen LogP contribution < -0.4 is 5.32 Å². The number of hydrogen-bond donors (Lipinski definition) is 1. The first-order chi connectivity index (χ1) is 10.1. The van der Waals surface area contributed by atoms with Crippen LogP contribution in [0.4, 0.5) is 0 Å². The first kappa shape index (κ1) is 16.5. The number of rotatable bonds is 6. The van der Waals surface area contributed by atoms with Crippen molar-refractivity contribution in [3.8, 4) is 0 Å². The molecule has 120 valence electrons. The zero-order valence-corrected chi connectivity index (χ0v) is 14.2. The lowest BCUT2D eigenvalue weighted by Gasteiger charge is -2.46. The van der Waals surface area contributed by atoms with Crippen LogP contribution in [0, 0.1) is 0 Å². The SMILES string of the molecule is CCCNC(c1cnn(C)c1)C1(N(C)C)CCCCCC1. The maximum absolute atomic E-state index is 4.41. The predicted octanol–water partition coefficient (Wildman–Crippen LogP) is 3.12. The largest absolute Gasteiger partial charge is 0.308 e. The lowest BCUT2D eigenvalue weighted by molar-refractivity contribution is 0.0799. The highest BCUT2D eigenvalue weighted by molar-refractivity contribution is 5.18. The maximum atomic E-state index is 4.41. The Bertz CT molecular complexity index is 416. The molecule has 1 fully saturated rings. The Morgan fingerprint density at radius 2 is 1.95 bits per heavy atom. The van der Waals surface area contributed by atoms with Crippen molar-refractivity contribution in [2.24, 2.45) is 7.05 Å². The van der Waals surface area contributed by atoms with Crippen LogP contribution in [0.2, 0.25) is 0 Å². The van der Waals surface area contributed by atoms with E-state index in [-0.39, 0.29) is 5.54 Å². The van der Waals surface area contributed by atoms with Gasteiger partial charge in [-0.05, 0) is 39.9 Å². The summed E-state index contributed by atoms with van der Waals surface area (Å²) < 4.78 is 1.93. The van der Waals surface area contributed by atoms with Crippen molar-refractivity contribution < 1.29 is 0 Å². The van der Waals surface area contributed by atoms with E-state index in [0.717, 1.165) is 6.54 Å². The molecule has 1 heterocycles. The van der Waals surface area contributed by atoms with Gasteiger partial charge in [-0.2, -0.15) is 5.10 Å². The van der Waals surface area contributed by atoms with E-state index < -0.39 is 0 Å². The molecule has 0 aromatic carbocycles. The maximum Gasteiger partial charge on any atom is 0.0538 e. The minimum absolute atomic E-state index is 0.217. The Labute approximate surface area is 129 Å². The van der Waals surface area contributed by atoms with Gasteiger partial charge in [0.1, 0.15) is 0 Å². The minimum atomic E-state index is 0.217. The molecule has 1 aromatic rings. The van der Waals surface area contributed by atoms with Gasteiger partial charge in [-0.25, -0.2) is 0 Å². The van der Waals surface area contributed by atoms with Crippen molar-refractivity contribution >= 4 is 0 Å². The fourth-order valence-corrected chi connectivity index (χ4v) is 3.83. The van der Waals surface area contributed by atoms with E-state index in [1.807, 2.05) is 17.9 Å². The summed E-state index contributed by atoms with van der Waals surface area (Å²) in [6, 6.07) is 0.374. The Kier molecular flexibility index (Phi) is 5.82. The second-order valence-corrected chi connectivity index (χ2v) is 6.75. The quantitative estimate of drug-likeness (QED) is 0.818. The smallest absolute Gasteiger partial charge is 0.0538 e. The molecule has 0 amide bonds. The van der Waals surface area contributed by atoms with Gasteiger partial charge in [-0.1, -0.05) is 32.6 Å². The van der Waals surface area contributed by atoms with Gasteiger partial charge < -0.3 is 10.2 Å². The summed E-state index contributed by atoms with van der Waals surface area (Å²) in [5.41, 5.74) is 1.55. The van der Waals surface area contributed by atoms with E-state index in [1.165, 1.54) is 50.5 Å². The van der Waals surface area contributed by atoms with Gasteiger partial charge in [-0.15, -0.1) is 0 Å². The van der Waals surface area contributed by atoms with Crippen molar-refractivity contribution in [2.45, 2.75) is 63.5 Å². The third-order valence-corrected chi connectivity index (χ3v) is 5.05.